The minimum atomic E-state index is -0.259. The maximum Gasteiger partial charge on any atom is 0.209 e. The van der Waals surface area contributed by atoms with Gasteiger partial charge < -0.3 is 5.73 Å². The van der Waals surface area contributed by atoms with Crippen LogP contribution < -0.4 is 5.73 Å². The topological polar surface area (TPSA) is 67.6 Å². The van der Waals surface area contributed by atoms with Crippen LogP contribution in [-0.4, -0.2) is 21.2 Å². The van der Waals surface area contributed by atoms with E-state index < -0.39 is 0 Å². The lowest BCUT2D eigenvalue weighted by molar-refractivity contribution is 0.621. The number of nitrogens with one attached hydrogen (secondary N) is 1. The number of hydrogen-bond acceptors (Lipinski definition) is 4. The summed E-state index contributed by atoms with van der Waals surface area (Å²) in [7, 11) is 0. The van der Waals surface area contributed by atoms with Crippen molar-refractivity contribution in [3.63, 3.8) is 0 Å². The van der Waals surface area contributed by atoms with Crippen LogP contribution in [0.2, 0.25) is 0 Å². The molecule has 96 valence electrons. The Labute approximate surface area is 109 Å². The first-order valence-corrected chi connectivity index (χ1v) is 6.51. The number of aromatic nitrogens is 3. The van der Waals surface area contributed by atoms with Crippen molar-refractivity contribution < 1.29 is 4.39 Å². The Morgan fingerprint density at radius 3 is 2.78 bits per heavy atom. The molecule has 0 saturated carbocycles. The van der Waals surface area contributed by atoms with E-state index in [2.05, 4.69) is 15.2 Å². The van der Waals surface area contributed by atoms with Crippen molar-refractivity contribution in [3.05, 3.63) is 41.5 Å². The number of H-pyrrole nitrogens is 1. The van der Waals surface area contributed by atoms with Gasteiger partial charge in [0.2, 0.25) is 5.16 Å². The number of aryl methyl sites for hydroxylation is 1. The molecule has 0 spiro atoms. The fourth-order valence-corrected chi connectivity index (χ4v) is 2.66. The zero-order valence-electron chi connectivity index (χ0n) is 10.2. The van der Waals surface area contributed by atoms with Crippen molar-refractivity contribution in [2.75, 3.05) is 0 Å². The summed E-state index contributed by atoms with van der Waals surface area (Å²) in [6.07, 6.45) is 0. The summed E-state index contributed by atoms with van der Waals surface area (Å²) in [5, 5.41) is 7.39. The highest BCUT2D eigenvalue weighted by Crippen LogP contribution is 2.35. The second-order valence-corrected chi connectivity index (χ2v) is 5.26. The third kappa shape index (κ3) is 3.08. The van der Waals surface area contributed by atoms with Crippen LogP contribution in [0, 0.1) is 12.7 Å². The lowest BCUT2D eigenvalue weighted by Gasteiger charge is -2.19. The molecule has 0 saturated heterocycles. The van der Waals surface area contributed by atoms with Gasteiger partial charge in [0, 0.05) is 6.04 Å². The molecule has 1 aromatic carbocycles. The van der Waals surface area contributed by atoms with Crippen LogP contribution in [0.1, 0.15) is 23.6 Å². The van der Waals surface area contributed by atoms with E-state index in [1.54, 1.807) is 6.07 Å². The normalized spacial score (nSPS) is 14.4. The largest absolute Gasteiger partial charge is 0.327 e. The standard InChI is InChI=1S/C12H15FN4S/c1-7(14)11(9-4-3-5-10(13)6-9)18-12-15-8(2)16-17-12/h3-7,11H,14H2,1-2H3,(H,15,16,17). The molecule has 18 heavy (non-hydrogen) atoms. The van der Waals surface area contributed by atoms with Gasteiger partial charge in [-0.1, -0.05) is 23.9 Å². The predicted octanol–water partition coefficient (Wildman–Crippen LogP) is 2.43. The lowest BCUT2D eigenvalue weighted by atomic mass is 10.1. The Hall–Kier alpha value is -1.40. The zero-order chi connectivity index (χ0) is 13.1. The van der Waals surface area contributed by atoms with E-state index in [0.717, 1.165) is 11.4 Å². The van der Waals surface area contributed by atoms with Gasteiger partial charge in [-0.2, -0.15) is 0 Å². The Bertz CT molecular complexity index is 526. The number of thioether (sulfide) groups is 1. The quantitative estimate of drug-likeness (QED) is 0.834. The van der Waals surface area contributed by atoms with Gasteiger partial charge >= 0.3 is 0 Å². The summed E-state index contributed by atoms with van der Waals surface area (Å²) in [5.74, 6) is 0.491. The summed E-state index contributed by atoms with van der Waals surface area (Å²) in [4.78, 5) is 4.23. The molecule has 4 nitrogen and oxygen atoms in total. The molecule has 0 amide bonds. The van der Waals surface area contributed by atoms with Gasteiger partial charge in [0.1, 0.15) is 11.6 Å². The van der Waals surface area contributed by atoms with Crippen molar-refractivity contribution in [2.45, 2.75) is 30.3 Å². The first-order chi connectivity index (χ1) is 8.56. The minimum Gasteiger partial charge on any atom is -0.327 e. The van der Waals surface area contributed by atoms with E-state index in [-0.39, 0.29) is 17.1 Å². The van der Waals surface area contributed by atoms with Crippen LogP contribution in [-0.2, 0) is 0 Å². The van der Waals surface area contributed by atoms with Gasteiger partial charge in [-0.25, -0.2) is 9.37 Å². The van der Waals surface area contributed by atoms with Crippen LogP contribution >= 0.6 is 11.8 Å². The van der Waals surface area contributed by atoms with E-state index >= 15 is 0 Å². The van der Waals surface area contributed by atoms with Crippen molar-refractivity contribution in [1.82, 2.24) is 15.2 Å². The molecule has 0 aliphatic heterocycles. The maximum atomic E-state index is 13.2. The highest BCUT2D eigenvalue weighted by Gasteiger charge is 2.20. The molecule has 1 heterocycles. The average Bonchev–Trinajstić information content (AvgIpc) is 2.71. The molecule has 0 aliphatic carbocycles. The number of nitrogens with zero attached hydrogens (tertiary/aromatic N) is 2. The van der Waals surface area contributed by atoms with Crippen molar-refractivity contribution in [2.24, 2.45) is 5.73 Å². The van der Waals surface area contributed by atoms with Gasteiger partial charge in [-0.15, -0.1) is 5.10 Å². The molecule has 2 rings (SSSR count). The lowest BCUT2D eigenvalue weighted by Crippen LogP contribution is -2.22. The molecule has 3 N–H and O–H groups in total. The second-order valence-electron chi connectivity index (χ2n) is 4.16. The van der Waals surface area contributed by atoms with Crippen molar-refractivity contribution in [3.8, 4) is 0 Å². The fourth-order valence-electron chi connectivity index (χ4n) is 1.65. The molecule has 2 atom stereocenters. The van der Waals surface area contributed by atoms with Crippen LogP contribution in [0.25, 0.3) is 0 Å². The molecule has 0 fully saturated rings. The van der Waals surface area contributed by atoms with Gasteiger partial charge in [-0.05, 0) is 31.5 Å². The van der Waals surface area contributed by atoms with Gasteiger partial charge in [0.25, 0.3) is 0 Å². The fraction of sp³-hybridized carbons (Fsp3) is 0.333. The molecule has 0 bridgehead atoms. The smallest absolute Gasteiger partial charge is 0.209 e. The molecular formula is C12H15FN4S. The zero-order valence-corrected chi connectivity index (χ0v) is 11.0. The SMILES string of the molecule is Cc1nc(SC(c2cccc(F)c2)C(C)N)n[nH]1. The highest BCUT2D eigenvalue weighted by atomic mass is 32.2. The van der Waals surface area contributed by atoms with E-state index in [1.807, 2.05) is 19.9 Å². The van der Waals surface area contributed by atoms with Crippen molar-refractivity contribution in [1.29, 1.82) is 0 Å². The van der Waals surface area contributed by atoms with E-state index in [1.165, 1.54) is 23.9 Å². The number of hydrogen-bond donors (Lipinski definition) is 2. The molecule has 0 aliphatic rings. The number of halogens is 1. The first-order valence-electron chi connectivity index (χ1n) is 5.63. The van der Waals surface area contributed by atoms with Crippen molar-refractivity contribution >= 4 is 11.8 Å². The maximum absolute atomic E-state index is 13.2. The predicted molar refractivity (Wildman–Crippen MR) is 69.8 cm³/mol. The third-order valence-electron chi connectivity index (χ3n) is 2.46. The summed E-state index contributed by atoms with van der Waals surface area (Å²) >= 11 is 1.43. The van der Waals surface area contributed by atoms with E-state index in [9.17, 15) is 4.39 Å². The van der Waals surface area contributed by atoms with Crippen LogP contribution in [0.5, 0.6) is 0 Å². The monoisotopic (exact) mass is 266 g/mol. The Kier molecular flexibility index (Phi) is 3.98. The summed E-state index contributed by atoms with van der Waals surface area (Å²) in [6.45, 7) is 3.72. The molecule has 2 aromatic rings. The van der Waals surface area contributed by atoms with E-state index in [4.69, 9.17) is 5.73 Å². The van der Waals surface area contributed by atoms with E-state index in [0.29, 0.717) is 5.16 Å². The molecule has 1 aromatic heterocycles. The molecule has 0 radical (unpaired) electrons. The second kappa shape index (κ2) is 5.49. The van der Waals surface area contributed by atoms with Gasteiger partial charge in [0.05, 0.1) is 5.25 Å². The Morgan fingerprint density at radius 1 is 1.44 bits per heavy atom. The number of benzene rings is 1. The Balaban J connectivity index is 2.23. The molecule has 6 heteroatoms. The number of aromatic amines is 1. The Morgan fingerprint density at radius 2 is 2.22 bits per heavy atom. The molecule has 2 unspecified atom stereocenters. The van der Waals surface area contributed by atoms with Gasteiger partial charge in [0.15, 0.2) is 0 Å². The van der Waals surface area contributed by atoms with Crippen LogP contribution in [0.3, 0.4) is 0 Å². The third-order valence-corrected chi connectivity index (χ3v) is 3.81. The average molecular weight is 266 g/mol. The molecular weight excluding hydrogens is 251 g/mol. The number of rotatable bonds is 4. The number of nitrogens with two attached hydrogens (primary N) is 1. The summed E-state index contributed by atoms with van der Waals surface area (Å²) in [5.41, 5.74) is 6.81. The highest BCUT2D eigenvalue weighted by molar-refractivity contribution is 7.99. The van der Waals surface area contributed by atoms with Crippen LogP contribution in [0.4, 0.5) is 4.39 Å². The summed E-state index contributed by atoms with van der Waals surface area (Å²) in [6, 6.07) is 6.34. The van der Waals surface area contributed by atoms with Gasteiger partial charge in [-0.3, -0.25) is 5.10 Å². The first kappa shape index (κ1) is 13.0. The minimum absolute atomic E-state index is 0.0732. The summed E-state index contributed by atoms with van der Waals surface area (Å²) < 4.78 is 13.2. The van der Waals surface area contributed by atoms with Crippen LogP contribution in [0.15, 0.2) is 29.4 Å².